The summed E-state index contributed by atoms with van der Waals surface area (Å²) in [6, 6.07) is 10.4. The maximum Gasteiger partial charge on any atom is 0.255 e. The summed E-state index contributed by atoms with van der Waals surface area (Å²) in [5.41, 5.74) is 1.34. The molecule has 1 aliphatic rings. The van der Waals surface area contributed by atoms with Crippen molar-refractivity contribution in [3.8, 4) is 5.82 Å². The van der Waals surface area contributed by atoms with E-state index in [4.69, 9.17) is 0 Å². The van der Waals surface area contributed by atoms with Crippen molar-refractivity contribution in [1.82, 2.24) is 25.1 Å². The van der Waals surface area contributed by atoms with Gasteiger partial charge in [-0.05, 0) is 37.1 Å². The van der Waals surface area contributed by atoms with E-state index >= 15 is 0 Å². The van der Waals surface area contributed by atoms with Crippen LogP contribution in [0.5, 0.6) is 0 Å². The topological polar surface area (TPSA) is 102 Å². The lowest BCUT2D eigenvalue weighted by Crippen LogP contribution is -2.33. The second-order valence-electron chi connectivity index (χ2n) is 6.70. The fourth-order valence-electron chi connectivity index (χ4n) is 3.33. The molecule has 8 nitrogen and oxygen atoms in total. The molecule has 2 N–H and O–H groups in total. The molecule has 0 unspecified atom stereocenters. The Kier molecular flexibility index (Phi) is 5.09. The molecular weight excluding hydrogens is 356 g/mol. The molecule has 0 spiro atoms. The van der Waals surface area contributed by atoms with Crippen LogP contribution in [0.2, 0.25) is 0 Å². The summed E-state index contributed by atoms with van der Waals surface area (Å²) < 4.78 is 1.47. The molecule has 2 amide bonds. The molecule has 1 aliphatic carbocycles. The predicted octanol–water partition coefficient (Wildman–Crippen LogP) is 2.59. The van der Waals surface area contributed by atoms with Gasteiger partial charge in [0.15, 0.2) is 5.82 Å². The average molecular weight is 376 g/mol. The van der Waals surface area contributed by atoms with Crippen LogP contribution in [0.15, 0.2) is 55.2 Å². The standard InChI is InChI=1S/C20H20N6O2/c27-19(14-9-10-22-18(11-14)26-13-21-12-23-26)25-17-8-4-3-7-16(17)20(28)24-15-5-1-2-6-15/h3-4,7-13,15H,1-2,5-6H2,(H,24,28)(H,25,27). The Morgan fingerprint density at radius 2 is 1.89 bits per heavy atom. The summed E-state index contributed by atoms with van der Waals surface area (Å²) >= 11 is 0. The minimum atomic E-state index is -0.329. The van der Waals surface area contributed by atoms with E-state index in [0.29, 0.717) is 22.6 Å². The first-order valence-corrected chi connectivity index (χ1v) is 9.23. The number of benzene rings is 1. The second kappa shape index (κ2) is 7.99. The van der Waals surface area contributed by atoms with Gasteiger partial charge in [-0.15, -0.1) is 0 Å². The first-order chi connectivity index (χ1) is 13.7. The third kappa shape index (κ3) is 3.90. The highest BCUT2D eigenvalue weighted by atomic mass is 16.2. The highest BCUT2D eigenvalue weighted by Crippen LogP contribution is 2.21. The number of pyridine rings is 1. The van der Waals surface area contributed by atoms with Crippen LogP contribution in [-0.4, -0.2) is 37.6 Å². The first kappa shape index (κ1) is 17.8. The molecule has 0 atom stereocenters. The number of aromatic nitrogens is 4. The molecule has 3 aromatic rings. The maximum atomic E-state index is 12.7. The third-order valence-electron chi connectivity index (χ3n) is 4.77. The number of anilines is 1. The quantitative estimate of drug-likeness (QED) is 0.713. The number of nitrogens with zero attached hydrogens (tertiary/aromatic N) is 4. The van der Waals surface area contributed by atoms with Gasteiger partial charge in [-0.2, -0.15) is 5.10 Å². The van der Waals surface area contributed by atoms with Crippen LogP contribution in [0.3, 0.4) is 0 Å². The average Bonchev–Trinajstić information content (AvgIpc) is 3.43. The van der Waals surface area contributed by atoms with E-state index in [1.807, 2.05) is 0 Å². The number of para-hydroxylation sites is 1. The van der Waals surface area contributed by atoms with Crippen molar-refractivity contribution < 1.29 is 9.59 Å². The normalized spacial score (nSPS) is 14.0. The maximum absolute atomic E-state index is 12.7. The molecule has 1 aromatic carbocycles. The van der Waals surface area contributed by atoms with Crippen molar-refractivity contribution in [3.05, 3.63) is 66.4 Å². The molecule has 0 radical (unpaired) electrons. The summed E-state index contributed by atoms with van der Waals surface area (Å²) in [6.07, 6.45) is 8.72. The van der Waals surface area contributed by atoms with Gasteiger partial charge >= 0.3 is 0 Å². The van der Waals surface area contributed by atoms with Gasteiger partial charge in [-0.1, -0.05) is 25.0 Å². The van der Waals surface area contributed by atoms with Crippen LogP contribution >= 0.6 is 0 Å². The molecule has 1 saturated carbocycles. The number of hydrogen-bond acceptors (Lipinski definition) is 5. The van der Waals surface area contributed by atoms with Gasteiger partial charge in [0.05, 0.1) is 11.3 Å². The number of hydrogen-bond donors (Lipinski definition) is 2. The lowest BCUT2D eigenvalue weighted by atomic mass is 10.1. The Morgan fingerprint density at radius 3 is 2.68 bits per heavy atom. The molecule has 8 heteroatoms. The fraction of sp³-hybridized carbons (Fsp3) is 0.250. The van der Waals surface area contributed by atoms with E-state index < -0.39 is 0 Å². The van der Waals surface area contributed by atoms with Gasteiger partial charge in [-0.3, -0.25) is 9.59 Å². The van der Waals surface area contributed by atoms with E-state index in [9.17, 15) is 9.59 Å². The van der Waals surface area contributed by atoms with E-state index in [0.717, 1.165) is 25.7 Å². The zero-order valence-corrected chi connectivity index (χ0v) is 15.2. The number of carbonyl (C=O) groups excluding carboxylic acids is 2. The lowest BCUT2D eigenvalue weighted by molar-refractivity contribution is 0.0939. The van der Waals surface area contributed by atoms with Crippen molar-refractivity contribution in [1.29, 1.82) is 0 Å². The monoisotopic (exact) mass is 376 g/mol. The van der Waals surface area contributed by atoms with Gasteiger partial charge in [0.25, 0.3) is 11.8 Å². The summed E-state index contributed by atoms with van der Waals surface area (Å²) in [7, 11) is 0. The molecule has 2 aromatic heterocycles. The number of nitrogens with one attached hydrogen (secondary N) is 2. The molecule has 0 aliphatic heterocycles. The largest absolute Gasteiger partial charge is 0.349 e. The molecule has 0 saturated heterocycles. The Labute approximate surface area is 162 Å². The van der Waals surface area contributed by atoms with Gasteiger partial charge in [0.1, 0.15) is 12.7 Å². The van der Waals surface area contributed by atoms with Crippen LogP contribution in [0, 0.1) is 0 Å². The third-order valence-corrected chi connectivity index (χ3v) is 4.77. The van der Waals surface area contributed by atoms with E-state index in [1.54, 1.807) is 36.4 Å². The minimum Gasteiger partial charge on any atom is -0.349 e. The SMILES string of the molecule is O=C(Nc1ccccc1C(=O)NC1CCCC1)c1ccnc(-n2cncn2)c1. The highest BCUT2D eigenvalue weighted by molar-refractivity contribution is 6.09. The lowest BCUT2D eigenvalue weighted by Gasteiger charge is -2.15. The Balaban J connectivity index is 1.52. The summed E-state index contributed by atoms with van der Waals surface area (Å²) in [5, 5.41) is 9.91. The molecular formula is C20H20N6O2. The van der Waals surface area contributed by atoms with Crippen molar-refractivity contribution in [2.75, 3.05) is 5.32 Å². The van der Waals surface area contributed by atoms with Crippen molar-refractivity contribution in [3.63, 3.8) is 0 Å². The Hall–Kier alpha value is -3.55. The Morgan fingerprint density at radius 1 is 1.07 bits per heavy atom. The number of rotatable bonds is 5. The van der Waals surface area contributed by atoms with E-state index in [-0.39, 0.29) is 17.9 Å². The summed E-state index contributed by atoms with van der Waals surface area (Å²) in [5.74, 6) is -0.0110. The van der Waals surface area contributed by atoms with Crippen LogP contribution in [0.1, 0.15) is 46.4 Å². The predicted molar refractivity (Wildman–Crippen MR) is 103 cm³/mol. The van der Waals surface area contributed by atoms with Crippen LogP contribution in [0.4, 0.5) is 5.69 Å². The van der Waals surface area contributed by atoms with Crippen molar-refractivity contribution >= 4 is 17.5 Å². The van der Waals surface area contributed by atoms with E-state index in [2.05, 4.69) is 25.7 Å². The molecule has 2 heterocycles. The Bertz CT molecular complexity index is 980. The molecule has 4 rings (SSSR count). The minimum absolute atomic E-state index is 0.166. The first-order valence-electron chi connectivity index (χ1n) is 9.23. The van der Waals surface area contributed by atoms with Crippen LogP contribution in [0.25, 0.3) is 5.82 Å². The molecule has 28 heavy (non-hydrogen) atoms. The molecule has 0 bridgehead atoms. The zero-order valence-electron chi connectivity index (χ0n) is 15.2. The molecule has 142 valence electrons. The van der Waals surface area contributed by atoms with E-state index in [1.165, 1.54) is 23.5 Å². The smallest absolute Gasteiger partial charge is 0.255 e. The zero-order chi connectivity index (χ0) is 19.3. The van der Waals surface area contributed by atoms with Crippen molar-refractivity contribution in [2.45, 2.75) is 31.7 Å². The van der Waals surface area contributed by atoms with Crippen LogP contribution < -0.4 is 10.6 Å². The highest BCUT2D eigenvalue weighted by Gasteiger charge is 2.20. The number of carbonyl (C=O) groups is 2. The fourth-order valence-corrected chi connectivity index (χ4v) is 3.33. The van der Waals surface area contributed by atoms with Gasteiger partial charge in [0.2, 0.25) is 0 Å². The van der Waals surface area contributed by atoms with Crippen LogP contribution in [-0.2, 0) is 0 Å². The van der Waals surface area contributed by atoms with Gasteiger partial charge < -0.3 is 10.6 Å². The van der Waals surface area contributed by atoms with Crippen molar-refractivity contribution in [2.24, 2.45) is 0 Å². The number of amides is 2. The molecule has 1 fully saturated rings. The summed E-state index contributed by atoms with van der Waals surface area (Å²) in [4.78, 5) is 33.5. The van der Waals surface area contributed by atoms with Gasteiger partial charge in [0, 0.05) is 17.8 Å². The second-order valence-corrected chi connectivity index (χ2v) is 6.70. The summed E-state index contributed by atoms with van der Waals surface area (Å²) in [6.45, 7) is 0. The van der Waals surface area contributed by atoms with Gasteiger partial charge in [-0.25, -0.2) is 14.6 Å².